The van der Waals surface area contributed by atoms with E-state index >= 15 is 0 Å². The van der Waals surface area contributed by atoms with Crippen LogP contribution < -0.4 is 0 Å². The summed E-state index contributed by atoms with van der Waals surface area (Å²) in [6.45, 7) is 0. The molecule has 8 aromatic carbocycles. The molecule has 53 heavy (non-hydrogen) atoms. The second kappa shape index (κ2) is 12.9. The van der Waals surface area contributed by atoms with Crippen LogP contribution in [-0.4, -0.2) is 15.0 Å². The fourth-order valence-electron chi connectivity index (χ4n) is 7.33. The molecule has 0 aliphatic rings. The third-order valence-electron chi connectivity index (χ3n) is 9.95. The van der Waals surface area contributed by atoms with E-state index in [0.717, 1.165) is 66.4 Å². The molecule has 4 nitrogen and oxygen atoms in total. The van der Waals surface area contributed by atoms with E-state index in [2.05, 4.69) is 164 Å². The Bertz CT molecular complexity index is 2930. The van der Waals surface area contributed by atoms with Gasteiger partial charge in [-0.2, -0.15) is 0 Å². The van der Waals surface area contributed by atoms with Crippen molar-refractivity contribution in [2.24, 2.45) is 0 Å². The Hall–Kier alpha value is -7.17. The highest BCUT2D eigenvalue weighted by Crippen LogP contribution is 2.38. The first-order valence-corrected chi connectivity index (χ1v) is 17.8. The summed E-state index contributed by atoms with van der Waals surface area (Å²) < 4.78 is 6.49. The fourth-order valence-corrected chi connectivity index (χ4v) is 7.33. The first-order valence-electron chi connectivity index (χ1n) is 17.8. The normalized spacial score (nSPS) is 11.4. The van der Waals surface area contributed by atoms with Gasteiger partial charge in [-0.15, -0.1) is 0 Å². The zero-order valence-electron chi connectivity index (χ0n) is 28.6. The van der Waals surface area contributed by atoms with E-state index in [1.807, 2.05) is 24.3 Å². The number of furan rings is 1. The zero-order valence-corrected chi connectivity index (χ0v) is 28.6. The molecular weight excluding hydrogens is 647 g/mol. The van der Waals surface area contributed by atoms with Crippen LogP contribution in [0, 0.1) is 0 Å². The van der Waals surface area contributed by atoms with Gasteiger partial charge in [0.1, 0.15) is 11.2 Å². The number of rotatable bonds is 6. The van der Waals surface area contributed by atoms with Gasteiger partial charge in [0.15, 0.2) is 17.5 Å². The first kappa shape index (κ1) is 30.6. The number of nitrogens with zero attached hydrogens (tertiary/aromatic N) is 3. The lowest BCUT2D eigenvalue weighted by atomic mass is 9.97. The minimum absolute atomic E-state index is 0.582. The molecular formula is C49H31N3O. The zero-order chi connectivity index (χ0) is 35.1. The molecule has 0 aliphatic heterocycles. The van der Waals surface area contributed by atoms with Crippen LogP contribution >= 0.6 is 0 Å². The molecule has 0 saturated heterocycles. The van der Waals surface area contributed by atoms with Crippen molar-refractivity contribution < 1.29 is 4.42 Å². The summed E-state index contributed by atoms with van der Waals surface area (Å²) >= 11 is 0. The summed E-state index contributed by atoms with van der Waals surface area (Å²) in [6, 6.07) is 65.2. The standard InChI is InChI=1S/C49H31N3O/c1-3-12-32(13-4-1)37-18-9-19-38(30-37)48-50-47(36-26-24-35(25-27-36)41-21-10-17-33-16-7-8-20-40(33)41)51-49(52-48)39-28-29-43-45(31-39)53-44-23-11-22-42(46(43)44)34-14-5-2-6-15-34/h1-31H. The van der Waals surface area contributed by atoms with Crippen molar-refractivity contribution in [2.45, 2.75) is 0 Å². The number of hydrogen-bond donors (Lipinski definition) is 0. The molecule has 0 bridgehead atoms. The molecule has 0 atom stereocenters. The monoisotopic (exact) mass is 677 g/mol. The summed E-state index contributed by atoms with van der Waals surface area (Å²) in [5, 5.41) is 4.59. The molecule has 4 heteroatoms. The number of benzene rings is 8. The van der Waals surface area contributed by atoms with Crippen molar-refractivity contribution in [3.8, 4) is 67.5 Å². The Kier molecular flexibility index (Phi) is 7.43. The molecule has 0 fully saturated rings. The minimum atomic E-state index is 0.582. The van der Waals surface area contributed by atoms with Crippen LogP contribution in [0.3, 0.4) is 0 Å². The van der Waals surface area contributed by atoms with Crippen molar-refractivity contribution in [1.29, 1.82) is 0 Å². The predicted octanol–water partition coefficient (Wildman–Crippen LogP) is 12.9. The number of fused-ring (bicyclic) bond motifs is 4. The van der Waals surface area contributed by atoms with Gasteiger partial charge in [0, 0.05) is 27.5 Å². The summed E-state index contributed by atoms with van der Waals surface area (Å²) in [7, 11) is 0. The van der Waals surface area contributed by atoms with Crippen molar-refractivity contribution >= 4 is 32.7 Å². The molecule has 10 aromatic rings. The predicted molar refractivity (Wildman–Crippen MR) is 217 cm³/mol. The van der Waals surface area contributed by atoms with Crippen LogP contribution in [-0.2, 0) is 0 Å². The van der Waals surface area contributed by atoms with Gasteiger partial charge in [-0.1, -0.05) is 164 Å². The van der Waals surface area contributed by atoms with Crippen LogP contribution in [0.5, 0.6) is 0 Å². The molecule has 0 saturated carbocycles. The van der Waals surface area contributed by atoms with E-state index in [1.165, 1.54) is 16.3 Å². The van der Waals surface area contributed by atoms with Gasteiger partial charge in [-0.3, -0.25) is 0 Å². The maximum atomic E-state index is 6.49. The van der Waals surface area contributed by atoms with Gasteiger partial charge >= 0.3 is 0 Å². The summed E-state index contributed by atoms with van der Waals surface area (Å²) in [5.74, 6) is 1.80. The SMILES string of the molecule is c1ccc(-c2cccc(-c3nc(-c4ccc(-c5cccc6ccccc56)cc4)nc(-c4ccc5c(c4)oc4cccc(-c6ccccc6)c45)n3)c2)cc1. The summed E-state index contributed by atoms with van der Waals surface area (Å²) in [5.41, 5.74) is 11.2. The van der Waals surface area contributed by atoms with Crippen LogP contribution in [0.25, 0.3) is 100 Å². The van der Waals surface area contributed by atoms with Crippen LogP contribution in [0.2, 0.25) is 0 Å². The average molecular weight is 678 g/mol. The van der Waals surface area contributed by atoms with Crippen molar-refractivity contribution in [2.75, 3.05) is 0 Å². The number of hydrogen-bond acceptors (Lipinski definition) is 4. The Morgan fingerprint density at radius 2 is 0.830 bits per heavy atom. The lowest BCUT2D eigenvalue weighted by Gasteiger charge is -2.11. The van der Waals surface area contributed by atoms with Gasteiger partial charge in [0.05, 0.1) is 0 Å². The van der Waals surface area contributed by atoms with Crippen LogP contribution in [0.15, 0.2) is 192 Å². The molecule has 2 heterocycles. The van der Waals surface area contributed by atoms with Crippen molar-refractivity contribution in [3.05, 3.63) is 188 Å². The topological polar surface area (TPSA) is 51.8 Å². The second-order valence-corrected chi connectivity index (χ2v) is 13.2. The van der Waals surface area contributed by atoms with Crippen molar-refractivity contribution in [3.63, 3.8) is 0 Å². The lowest BCUT2D eigenvalue weighted by Crippen LogP contribution is -2.00. The smallest absolute Gasteiger partial charge is 0.164 e. The molecule has 0 unspecified atom stereocenters. The Morgan fingerprint density at radius 3 is 1.62 bits per heavy atom. The van der Waals surface area contributed by atoms with E-state index in [9.17, 15) is 0 Å². The highest BCUT2D eigenvalue weighted by molar-refractivity contribution is 6.13. The maximum absolute atomic E-state index is 6.49. The van der Waals surface area contributed by atoms with E-state index in [0.29, 0.717) is 17.5 Å². The Morgan fingerprint density at radius 1 is 0.302 bits per heavy atom. The van der Waals surface area contributed by atoms with Gasteiger partial charge < -0.3 is 4.42 Å². The third kappa shape index (κ3) is 5.63. The van der Waals surface area contributed by atoms with Gasteiger partial charge in [0.25, 0.3) is 0 Å². The van der Waals surface area contributed by atoms with Gasteiger partial charge in [0.2, 0.25) is 0 Å². The van der Waals surface area contributed by atoms with E-state index < -0.39 is 0 Å². The van der Waals surface area contributed by atoms with Gasteiger partial charge in [-0.25, -0.2) is 15.0 Å². The molecule has 0 radical (unpaired) electrons. The van der Waals surface area contributed by atoms with E-state index in [4.69, 9.17) is 19.4 Å². The summed E-state index contributed by atoms with van der Waals surface area (Å²) in [4.78, 5) is 15.3. The number of aromatic nitrogens is 3. The maximum Gasteiger partial charge on any atom is 0.164 e. The van der Waals surface area contributed by atoms with E-state index in [-0.39, 0.29) is 0 Å². The molecule has 0 N–H and O–H groups in total. The molecule has 248 valence electrons. The quantitative estimate of drug-likeness (QED) is 0.176. The molecule has 0 spiro atoms. The first-order chi connectivity index (χ1) is 26.2. The molecule has 10 rings (SSSR count). The van der Waals surface area contributed by atoms with Crippen molar-refractivity contribution in [1.82, 2.24) is 15.0 Å². The highest BCUT2D eigenvalue weighted by atomic mass is 16.3. The Labute approximate surface area is 306 Å². The molecule has 0 aliphatic carbocycles. The minimum Gasteiger partial charge on any atom is -0.456 e. The molecule has 0 amide bonds. The van der Waals surface area contributed by atoms with Gasteiger partial charge in [-0.05, 0) is 68.4 Å². The third-order valence-corrected chi connectivity index (χ3v) is 9.95. The largest absolute Gasteiger partial charge is 0.456 e. The Balaban J connectivity index is 1.11. The van der Waals surface area contributed by atoms with Crippen LogP contribution in [0.4, 0.5) is 0 Å². The fraction of sp³-hybridized carbons (Fsp3) is 0. The second-order valence-electron chi connectivity index (χ2n) is 13.2. The molecule has 2 aromatic heterocycles. The summed E-state index contributed by atoms with van der Waals surface area (Å²) in [6.07, 6.45) is 0. The van der Waals surface area contributed by atoms with Crippen LogP contribution in [0.1, 0.15) is 0 Å². The lowest BCUT2D eigenvalue weighted by molar-refractivity contribution is 0.669. The highest BCUT2D eigenvalue weighted by Gasteiger charge is 2.17. The van der Waals surface area contributed by atoms with E-state index in [1.54, 1.807) is 0 Å². The average Bonchev–Trinajstić information content (AvgIpc) is 3.62.